The monoisotopic (exact) mass is 511 g/mol. The van der Waals surface area contributed by atoms with Gasteiger partial charge in [-0.2, -0.15) is 0 Å². The Morgan fingerprint density at radius 1 is 1.16 bits per heavy atom. The Morgan fingerprint density at radius 2 is 1.75 bits per heavy atom. The molecule has 0 spiro atoms. The Labute approximate surface area is 198 Å². The van der Waals surface area contributed by atoms with Crippen LogP contribution in [0.2, 0.25) is 0 Å². The summed E-state index contributed by atoms with van der Waals surface area (Å²) in [7, 11) is 0. The number of aliphatic hydroxyl groups excluding tert-OH is 1. The first-order chi connectivity index (χ1) is 14.7. The zero-order valence-corrected chi connectivity index (χ0v) is 21.2. The topological polar surface area (TPSA) is 108 Å². The number of amides is 3. The molecule has 9 heteroatoms. The van der Waals surface area contributed by atoms with Crippen molar-refractivity contribution in [1.82, 2.24) is 15.5 Å². The van der Waals surface area contributed by atoms with Crippen molar-refractivity contribution in [3.05, 3.63) is 34.3 Å². The molecule has 0 saturated carbocycles. The van der Waals surface area contributed by atoms with Gasteiger partial charge in [0.2, 0.25) is 11.8 Å². The highest BCUT2D eigenvalue weighted by Gasteiger charge is 2.44. The molecular formula is C23H34BrN3O5. The molecule has 8 nitrogen and oxygen atoms in total. The summed E-state index contributed by atoms with van der Waals surface area (Å²) in [5.74, 6) is -0.772. The molecule has 1 fully saturated rings. The number of nitrogens with zero attached hydrogens (tertiary/aromatic N) is 1. The first-order valence-electron chi connectivity index (χ1n) is 10.7. The molecule has 3 atom stereocenters. The number of carbonyl (C=O) groups is 3. The van der Waals surface area contributed by atoms with Crippen molar-refractivity contribution >= 4 is 33.8 Å². The first-order valence-corrected chi connectivity index (χ1v) is 11.5. The van der Waals surface area contributed by atoms with Crippen LogP contribution in [0, 0.1) is 5.41 Å². The molecule has 0 aromatic heterocycles. The summed E-state index contributed by atoms with van der Waals surface area (Å²) < 4.78 is 6.25. The van der Waals surface area contributed by atoms with Gasteiger partial charge in [0.05, 0.1) is 6.10 Å². The second kappa shape index (κ2) is 10.2. The van der Waals surface area contributed by atoms with E-state index in [9.17, 15) is 19.5 Å². The molecule has 1 aromatic rings. The zero-order chi connectivity index (χ0) is 24.3. The van der Waals surface area contributed by atoms with E-state index in [4.69, 9.17) is 4.74 Å². The maximum atomic E-state index is 13.4. The van der Waals surface area contributed by atoms with Crippen molar-refractivity contribution < 1.29 is 24.2 Å². The van der Waals surface area contributed by atoms with Crippen LogP contribution in [0.4, 0.5) is 4.79 Å². The normalized spacial score (nSPS) is 19.9. The first kappa shape index (κ1) is 26.1. The molecule has 0 bridgehead atoms. The summed E-state index contributed by atoms with van der Waals surface area (Å²) in [6.07, 6.45) is -1.38. The molecule has 3 amide bonds. The van der Waals surface area contributed by atoms with E-state index in [0.717, 1.165) is 10.0 Å². The highest BCUT2D eigenvalue weighted by molar-refractivity contribution is 9.10. The number of aliphatic hydroxyl groups is 1. The van der Waals surface area contributed by atoms with Crippen LogP contribution in [0.25, 0.3) is 0 Å². The molecule has 178 valence electrons. The maximum Gasteiger partial charge on any atom is 0.408 e. The van der Waals surface area contributed by atoms with Crippen LogP contribution < -0.4 is 10.6 Å². The van der Waals surface area contributed by atoms with Crippen molar-refractivity contribution in [2.75, 3.05) is 6.54 Å². The van der Waals surface area contributed by atoms with E-state index in [1.165, 1.54) is 4.90 Å². The van der Waals surface area contributed by atoms with Gasteiger partial charge in [0, 0.05) is 24.0 Å². The van der Waals surface area contributed by atoms with Crippen molar-refractivity contribution in [2.24, 2.45) is 5.41 Å². The predicted octanol–water partition coefficient (Wildman–Crippen LogP) is 2.97. The van der Waals surface area contributed by atoms with Crippen molar-refractivity contribution in [3.8, 4) is 0 Å². The number of carbonyl (C=O) groups excluding carboxylic acids is 3. The van der Waals surface area contributed by atoms with Crippen LogP contribution in [-0.4, -0.2) is 58.2 Å². The van der Waals surface area contributed by atoms with Crippen LogP contribution in [0.3, 0.4) is 0 Å². The third-order valence-corrected chi connectivity index (χ3v) is 5.55. The number of halogens is 1. The number of benzene rings is 1. The van der Waals surface area contributed by atoms with Crippen molar-refractivity contribution in [2.45, 2.75) is 78.3 Å². The number of hydrogen-bond donors (Lipinski definition) is 3. The summed E-state index contributed by atoms with van der Waals surface area (Å²) in [5, 5.41) is 15.7. The van der Waals surface area contributed by atoms with Gasteiger partial charge in [0.1, 0.15) is 17.7 Å². The summed E-state index contributed by atoms with van der Waals surface area (Å²) in [6.45, 7) is 11.0. The van der Waals surface area contributed by atoms with Gasteiger partial charge in [0.25, 0.3) is 0 Å². The van der Waals surface area contributed by atoms with Crippen molar-refractivity contribution in [1.29, 1.82) is 0 Å². The molecule has 0 aliphatic carbocycles. The lowest BCUT2D eigenvalue weighted by Gasteiger charge is -2.35. The predicted molar refractivity (Wildman–Crippen MR) is 125 cm³/mol. The molecule has 1 aromatic carbocycles. The largest absolute Gasteiger partial charge is 0.444 e. The minimum Gasteiger partial charge on any atom is -0.444 e. The molecule has 1 heterocycles. The lowest BCUT2D eigenvalue weighted by molar-refractivity contribution is -0.142. The van der Waals surface area contributed by atoms with Crippen LogP contribution in [-0.2, 0) is 20.9 Å². The van der Waals surface area contributed by atoms with Gasteiger partial charge in [-0.3, -0.25) is 9.59 Å². The van der Waals surface area contributed by atoms with Gasteiger partial charge >= 0.3 is 6.09 Å². The Balaban J connectivity index is 2.13. The van der Waals surface area contributed by atoms with Gasteiger partial charge in [-0.1, -0.05) is 48.8 Å². The van der Waals surface area contributed by atoms with Crippen LogP contribution in [0.15, 0.2) is 28.7 Å². The number of alkyl carbamates (subject to hydrolysis) is 1. The Kier molecular flexibility index (Phi) is 8.33. The number of likely N-dealkylation sites (tertiary alicyclic amines) is 1. The fraction of sp³-hybridized carbons (Fsp3) is 0.609. The fourth-order valence-electron chi connectivity index (χ4n) is 3.46. The number of hydrogen-bond acceptors (Lipinski definition) is 5. The maximum absolute atomic E-state index is 13.4. The van der Waals surface area contributed by atoms with E-state index in [0.29, 0.717) is 6.54 Å². The van der Waals surface area contributed by atoms with E-state index in [1.807, 2.05) is 45.0 Å². The second-order valence-electron chi connectivity index (χ2n) is 10.2. The molecule has 0 unspecified atom stereocenters. The smallest absolute Gasteiger partial charge is 0.408 e. The van der Waals surface area contributed by atoms with E-state index in [1.54, 1.807) is 20.8 Å². The molecule has 3 N–H and O–H groups in total. The third-order valence-electron chi connectivity index (χ3n) is 5.02. The summed E-state index contributed by atoms with van der Waals surface area (Å²) >= 11 is 3.37. The van der Waals surface area contributed by atoms with Gasteiger partial charge < -0.3 is 25.4 Å². The van der Waals surface area contributed by atoms with Gasteiger partial charge in [0.15, 0.2) is 0 Å². The molecular weight excluding hydrogens is 478 g/mol. The van der Waals surface area contributed by atoms with Crippen LogP contribution in [0.1, 0.15) is 53.5 Å². The quantitative estimate of drug-likeness (QED) is 0.563. The van der Waals surface area contributed by atoms with Crippen LogP contribution >= 0.6 is 15.9 Å². The van der Waals surface area contributed by atoms with E-state index in [-0.39, 0.29) is 18.9 Å². The van der Waals surface area contributed by atoms with Gasteiger partial charge in [-0.25, -0.2) is 4.79 Å². The Hall–Kier alpha value is -2.13. The minimum absolute atomic E-state index is 0.0256. The lowest BCUT2D eigenvalue weighted by atomic mass is 9.85. The molecule has 2 rings (SSSR count). The van der Waals surface area contributed by atoms with E-state index in [2.05, 4.69) is 26.6 Å². The number of β-amino-alcohol motifs (C(OH)–C–C–N with tert-alkyl or cyclic N) is 1. The Morgan fingerprint density at radius 3 is 2.28 bits per heavy atom. The van der Waals surface area contributed by atoms with Gasteiger partial charge in [-0.15, -0.1) is 0 Å². The van der Waals surface area contributed by atoms with E-state index >= 15 is 0 Å². The molecule has 1 aliphatic rings. The molecule has 1 aliphatic heterocycles. The zero-order valence-electron chi connectivity index (χ0n) is 19.6. The standard InChI is InChI=1S/C23H34BrN3O5/c1-22(2,3)18(26-21(31)32-23(4,5)6)20(30)27-13-16(28)11-17(27)19(29)25-12-14-7-9-15(24)10-8-14/h7-10,16-18,28H,11-13H2,1-6H3,(H,25,29)(H,26,31)/t16-,17+,18+/m1/s1. The average molecular weight is 512 g/mol. The number of ether oxygens (including phenoxy) is 1. The second-order valence-corrected chi connectivity index (χ2v) is 11.1. The summed E-state index contributed by atoms with van der Waals surface area (Å²) in [6, 6.07) is 5.79. The van der Waals surface area contributed by atoms with E-state index < -0.39 is 41.2 Å². The lowest BCUT2D eigenvalue weighted by Crippen LogP contribution is -2.58. The average Bonchev–Trinajstić information content (AvgIpc) is 3.04. The highest BCUT2D eigenvalue weighted by atomic mass is 79.9. The number of nitrogens with one attached hydrogen (secondary N) is 2. The fourth-order valence-corrected chi connectivity index (χ4v) is 3.72. The summed E-state index contributed by atoms with van der Waals surface area (Å²) in [4.78, 5) is 40.0. The highest BCUT2D eigenvalue weighted by Crippen LogP contribution is 2.26. The van der Waals surface area contributed by atoms with Gasteiger partial charge in [-0.05, 0) is 43.9 Å². The Bertz CT molecular complexity index is 830. The third kappa shape index (κ3) is 7.48. The molecule has 1 saturated heterocycles. The molecule has 32 heavy (non-hydrogen) atoms. The SMILES string of the molecule is CC(C)(C)OC(=O)N[C@@H](C(=O)N1C[C@H](O)C[C@H]1C(=O)NCc1ccc(Br)cc1)C(C)(C)C. The van der Waals surface area contributed by atoms with Crippen LogP contribution in [0.5, 0.6) is 0 Å². The minimum atomic E-state index is -0.926. The van der Waals surface area contributed by atoms with Crippen molar-refractivity contribution in [3.63, 3.8) is 0 Å². The molecule has 0 radical (unpaired) electrons. The number of rotatable bonds is 5. The summed E-state index contributed by atoms with van der Waals surface area (Å²) in [5.41, 5.74) is -0.438.